The number of aromatic amines is 1. The van der Waals surface area contributed by atoms with Gasteiger partial charge in [0.05, 0.1) is 12.4 Å². The first-order valence-electron chi connectivity index (χ1n) is 4.88. The largest absolute Gasteiger partial charge is 0.396 e. The second-order valence-corrected chi connectivity index (χ2v) is 2.97. The van der Waals surface area contributed by atoms with E-state index >= 15 is 0 Å². The van der Waals surface area contributed by atoms with Crippen molar-refractivity contribution >= 4 is 0 Å². The molecule has 0 saturated heterocycles. The van der Waals surface area contributed by atoms with Crippen molar-refractivity contribution in [1.82, 2.24) is 15.4 Å². The first kappa shape index (κ1) is 11.4. The van der Waals surface area contributed by atoms with Crippen LogP contribution in [0.1, 0.15) is 12.0 Å². The molecule has 0 saturated carbocycles. The van der Waals surface area contributed by atoms with Crippen LogP contribution in [0.15, 0.2) is 42.7 Å². The number of rotatable bonds is 3. The minimum Gasteiger partial charge on any atom is -0.396 e. The van der Waals surface area contributed by atoms with Crippen molar-refractivity contribution in [1.29, 1.82) is 0 Å². The molecule has 4 nitrogen and oxygen atoms in total. The van der Waals surface area contributed by atoms with Gasteiger partial charge in [-0.2, -0.15) is 15.4 Å². The second-order valence-electron chi connectivity index (χ2n) is 2.97. The van der Waals surface area contributed by atoms with Gasteiger partial charge in [-0.05, 0) is 18.4 Å². The monoisotopic (exact) mass is 205 g/mol. The lowest BCUT2D eigenvalue weighted by Crippen LogP contribution is -1.87. The first-order chi connectivity index (χ1) is 7.43. The molecular weight excluding hydrogens is 190 g/mol. The number of aliphatic hydroxyl groups excluding tert-OH is 1. The van der Waals surface area contributed by atoms with Crippen LogP contribution in [0.25, 0.3) is 0 Å². The maximum absolute atomic E-state index is 8.53. The maximum atomic E-state index is 8.53. The molecule has 2 rings (SSSR count). The van der Waals surface area contributed by atoms with Crippen molar-refractivity contribution in [3.8, 4) is 0 Å². The van der Waals surface area contributed by atoms with Crippen LogP contribution in [0, 0.1) is 0 Å². The zero-order chi connectivity index (χ0) is 10.8. The third-order valence-electron chi connectivity index (χ3n) is 1.80. The fourth-order valence-electron chi connectivity index (χ4n) is 1.09. The van der Waals surface area contributed by atoms with Crippen LogP contribution in [0.3, 0.4) is 0 Å². The quantitative estimate of drug-likeness (QED) is 0.796. The maximum Gasteiger partial charge on any atom is 0.0690 e. The molecule has 2 aromatic rings. The van der Waals surface area contributed by atoms with Crippen LogP contribution in [0.5, 0.6) is 0 Å². The van der Waals surface area contributed by atoms with Crippen molar-refractivity contribution in [3.05, 3.63) is 48.3 Å². The normalized spacial score (nSPS) is 9.13. The first-order valence-corrected chi connectivity index (χ1v) is 4.88. The smallest absolute Gasteiger partial charge is 0.0690 e. The Bertz CT molecular complexity index is 304. The summed E-state index contributed by atoms with van der Waals surface area (Å²) in [6, 6.07) is 10.2. The number of nitrogens with zero attached hydrogens (tertiary/aromatic N) is 2. The summed E-state index contributed by atoms with van der Waals surface area (Å²) in [5, 5.41) is 17.9. The summed E-state index contributed by atoms with van der Waals surface area (Å²) < 4.78 is 0. The van der Waals surface area contributed by atoms with Gasteiger partial charge in [-0.3, -0.25) is 0 Å². The molecule has 15 heavy (non-hydrogen) atoms. The Morgan fingerprint density at radius 2 is 1.73 bits per heavy atom. The molecule has 0 atom stereocenters. The van der Waals surface area contributed by atoms with Crippen LogP contribution in [0.2, 0.25) is 0 Å². The number of hydrogen-bond donors (Lipinski definition) is 2. The lowest BCUT2D eigenvalue weighted by atomic mass is 10.1. The Kier molecular flexibility index (Phi) is 5.85. The van der Waals surface area contributed by atoms with Crippen LogP contribution < -0.4 is 0 Å². The van der Waals surface area contributed by atoms with E-state index in [1.54, 1.807) is 12.4 Å². The van der Waals surface area contributed by atoms with Crippen molar-refractivity contribution in [2.24, 2.45) is 0 Å². The number of aromatic nitrogens is 3. The molecule has 0 bridgehead atoms. The Hall–Kier alpha value is -1.68. The van der Waals surface area contributed by atoms with Gasteiger partial charge >= 0.3 is 0 Å². The third kappa shape index (κ3) is 5.59. The summed E-state index contributed by atoms with van der Waals surface area (Å²) in [4.78, 5) is 0. The number of benzene rings is 1. The Labute approximate surface area is 89.0 Å². The van der Waals surface area contributed by atoms with Crippen LogP contribution in [0.4, 0.5) is 0 Å². The molecule has 4 heteroatoms. The summed E-state index contributed by atoms with van der Waals surface area (Å²) in [6.07, 6.45) is 5.02. The van der Waals surface area contributed by atoms with Crippen molar-refractivity contribution in [3.63, 3.8) is 0 Å². The molecule has 0 aliphatic heterocycles. The zero-order valence-corrected chi connectivity index (χ0v) is 8.50. The average molecular weight is 205 g/mol. The van der Waals surface area contributed by atoms with E-state index in [-0.39, 0.29) is 6.61 Å². The highest BCUT2D eigenvalue weighted by Gasteiger charge is 1.87. The fraction of sp³-hybridized carbons (Fsp3) is 0.273. The number of nitrogens with one attached hydrogen (secondary N) is 1. The molecule has 2 N–H and O–H groups in total. The lowest BCUT2D eigenvalue weighted by molar-refractivity contribution is 0.288. The van der Waals surface area contributed by atoms with Gasteiger partial charge < -0.3 is 5.11 Å². The van der Waals surface area contributed by atoms with E-state index in [2.05, 4.69) is 27.5 Å². The SMILES string of the molecule is OCCCc1ccccc1.c1cn[nH]n1. The highest BCUT2D eigenvalue weighted by atomic mass is 16.2. The van der Waals surface area contributed by atoms with E-state index in [9.17, 15) is 0 Å². The molecule has 1 heterocycles. The van der Waals surface area contributed by atoms with E-state index in [1.165, 1.54) is 5.56 Å². The molecular formula is C11H15N3O. The summed E-state index contributed by atoms with van der Waals surface area (Å²) in [5.74, 6) is 0. The Balaban J connectivity index is 0.000000187. The van der Waals surface area contributed by atoms with Crippen molar-refractivity contribution in [2.45, 2.75) is 12.8 Å². The Morgan fingerprint density at radius 3 is 2.20 bits per heavy atom. The third-order valence-corrected chi connectivity index (χ3v) is 1.80. The topological polar surface area (TPSA) is 61.8 Å². The summed E-state index contributed by atoms with van der Waals surface area (Å²) in [7, 11) is 0. The minimum atomic E-state index is 0.287. The summed E-state index contributed by atoms with van der Waals surface area (Å²) >= 11 is 0. The van der Waals surface area contributed by atoms with Gasteiger partial charge in [-0.1, -0.05) is 30.3 Å². The van der Waals surface area contributed by atoms with E-state index < -0.39 is 0 Å². The summed E-state index contributed by atoms with van der Waals surface area (Å²) in [5.41, 5.74) is 1.30. The molecule has 0 spiro atoms. The van der Waals surface area contributed by atoms with Gasteiger partial charge in [0, 0.05) is 6.61 Å². The molecule has 0 aliphatic rings. The van der Waals surface area contributed by atoms with Gasteiger partial charge in [0.2, 0.25) is 0 Å². The van der Waals surface area contributed by atoms with Gasteiger partial charge in [0.1, 0.15) is 0 Å². The summed E-state index contributed by atoms with van der Waals surface area (Å²) in [6.45, 7) is 0.287. The van der Waals surface area contributed by atoms with Gasteiger partial charge in [-0.25, -0.2) is 0 Å². The van der Waals surface area contributed by atoms with E-state index in [0.717, 1.165) is 12.8 Å². The van der Waals surface area contributed by atoms with Crippen LogP contribution in [-0.2, 0) is 6.42 Å². The highest BCUT2D eigenvalue weighted by Crippen LogP contribution is 2.00. The molecule has 1 aromatic heterocycles. The molecule has 0 fully saturated rings. The predicted molar refractivity (Wildman–Crippen MR) is 58.2 cm³/mol. The van der Waals surface area contributed by atoms with Crippen molar-refractivity contribution < 1.29 is 5.11 Å². The molecule has 0 aliphatic carbocycles. The van der Waals surface area contributed by atoms with Crippen molar-refractivity contribution in [2.75, 3.05) is 6.61 Å². The standard InChI is InChI=1S/C9H12O.C2H3N3/c10-8-4-7-9-5-2-1-3-6-9;1-2-4-5-3-1/h1-3,5-6,10H,4,7-8H2;1-2H,(H,3,4,5). The zero-order valence-electron chi connectivity index (χ0n) is 8.50. The number of hydrogen-bond acceptors (Lipinski definition) is 3. The minimum absolute atomic E-state index is 0.287. The highest BCUT2D eigenvalue weighted by molar-refractivity contribution is 5.14. The molecule has 0 unspecified atom stereocenters. The molecule has 1 aromatic carbocycles. The Morgan fingerprint density at radius 1 is 1.07 bits per heavy atom. The van der Waals surface area contributed by atoms with Gasteiger partial charge in [0.25, 0.3) is 0 Å². The number of H-pyrrole nitrogens is 1. The fourth-order valence-corrected chi connectivity index (χ4v) is 1.09. The predicted octanol–water partition coefficient (Wildman–Crippen LogP) is 1.42. The van der Waals surface area contributed by atoms with E-state index in [4.69, 9.17) is 5.11 Å². The van der Waals surface area contributed by atoms with Crippen LogP contribution >= 0.6 is 0 Å². The number of aryl methyl sites for hydroxylation is 1. The lowest BCUT2D eigenvalue weighted by Gasteiger charge is -1.96. The molecule has 80 valence electrons. The second kappa shape index (κ2) is 7.70. The average Bonchev–Trinajstić information content (AvgIpc) is 2.86. The van der Waals surface area contributed by atoms with Gasteiger partial charge in [0.15, 0.2) is 0 Å². The van der Waals surface area contributed by atoms with Gasteiger partial charge in [-0.15, -0.1) is 0 Å². The molecule has 0 amide bonds. The van der Waals surface area contributed by atoms with E-state index in [0.29, 0.717) is 0 Å². The number of aliphatic hydroxyl groups is 1. The van der Waals surface area contributed by atoms with Crippen LogP contribution in [-0.4, -0.2) is 27.1 Å². The van der Waals surface area contributed by atoms with E-state index in [1.807, 2.05) is 18.2 Å². The molecule has 0 radical (unpaired) electrons.